The Bertz CT molecular complexity index is 782. The number of H-pyrrole nitrogens is 1. The zero-order valence-electron chi connectivity index (χ0n) is 12.8. The van der Waals surface area contributed by atoms with Crippen molar-refractivity contribution in [3.8, 4) is 0 Å². The molecule has 0 unspecified atom stereocenters. The first kappa shape index (κ1) is 16.4. The molecule has 8 heteroatoms. The van der Waals surface area contributed by atoms with Crippen LogP contribution in [0.15, 0.2) is 18.2 Å². The van der Waals surface area contributed by atoms with Crippen molar-refractivity contribution in [3.05, 3.63) is 29.6 Å². The number of aromatic amines is 1. The quantitative estimate of drug-likeness (QED) is 0.737. The summed E-state index contributed by atoms with van der Waals surface area (Å²) >= 11 is 0. The average molecular weight is 324 g/mol. The zero-order valence-corrected chi connectivity index (χ0v) is 13.6. The highest BCUT2D eigenvalue weighted by Gasteiger charge is 2.14. The summed E-state index contributed by atoms with van der Waals surface area (Å²) in [6, 6.07) is 5.62. The summed E-state index contributed by atoms with van der Waals surface area (Å²) in [5.74, 6) is 0.435. The van der Waals surface area contributed by atoms with Crippen LogP contribution in [0, 0.1) is 6.92 Å². The van der Waals surface area contributed by atoms with Crippen molar-refractivity contribution in [2.24, 2.45) is 0 Å². The highest BCUT2D eigenvalue weighted by Crippen LogP contribution is 2.17. The molecule has 0 saturated heterocycles. The van der Waals surface area contributed by atoms with Crippen LogP contribution in [-0.4, -0.2) is 37.1 Å². The summed E-state index contributed by atoms with van der Waals surface area (Å²) in [7, 11) is -3.27. The van der Waals surface area contributed by atoms with E-state index < -0.39 is 10.0 Å². The van der Waals surface area contributed by atoms with E-state index in [1.54, 1.807) is 0 Å². The molecule has 1 atom stereocenters. The predicted molar refractivity (Wildman–Crippen MR) is 84.9 cm³/mol. The maximum Gasteiger partial charge on any atom is 0.221 e. The van der Waals surface area contributed by atoms with E-state index in [1.165, 1.54) is 0 Å². The van der Waals surface area contributed by atoms with Gasteiger partial charge in [-0.1, -0.05) is 6.07 Å². The van der Waals surface area contributed by atoms with Crippen molar-refractivity contribution < 1.29 is 13.2 Å². The molecule has 22 heavy (non-hydrogen) atoms. The number of rotatable bonds is 6. The number of imidazole rings is 1. The van der Waals surface area contributed by atoms with E-state index in [1.807, 2.05) is 32.0 Å². The highest BCUT2D eigenvalue weighted by molar-refractivity contribution is 7.88. The van der Waals surface area contributed by atoms with Crippen LogP contribution in [0.1, 0.15) is 30.8 Å². The SMILES string of the molecule is Cc1ccc2nc([C@H](C)NC(=O)CCNS(C)(=O)=O)[nH]c2c1. The fourth-order valence-corrected chi connectivity index (χ4v) is 2.55. The molecular formula is C14H20N4O3S. The Labute approximate surface area is 129 Å². The number of sulfonamides is 1. The molecule has 1 heterocycles. The molecule has 2 aromatic rings. The van der Waals surface area contributed by atoms with Gasteiger partial charge in [0, 0.05) is 13.0 Å². The van der Waals surface area contributed by atoms with Crippen molar-refractivity contribution in [1.29, 1.82) is 0 Å². The molecule has 0 aliphatic carbocycles. The van der Waals surface area contributed by atoms with Gasteiger partial charge in [0.05, 0.1) is 23.3 Å². The van der Waals surface area contributed by atoms with Gasteiger partial charge < -0.3 is 10.3 Å². The van der Waals surface area contributed by atoms with E-state index in [4.69, 9.17) is 0 Å². The van der Waals surface area contributed by atoms with Crippen LogP contribution < -0.4 is 10.0 Å². The Balaban J connectivity index is 1.95. The molecule has 1 aromatic heterocycles. The van der Waals surface area contributed by atoms with Gasteiger partial charge in [0.25, 0.3) is 0 Å². The molecule has 0 fully saturated rings. The van der Waals surface area contributed by atoms with Gasteiger partial charge >= 0.3 is 0 Å². The Morgan fingerprint density at radius 1 is 1.41 bits per heavy atom. The smallest absolute Gasteiger partial charge is 0.221 e. The van der Waals surface area contributed by atoms with E-state index in [-0.39, 0.29) is 24.9 Å². The molecule has 0 radical (unpaired) electrons. The third kappa shape index (κ3) is 4.54. The zero-order chi connectivity index (χ0) is 16.3. The first-order chi connectivity index (χ1) is 10.2. The monoisotopic (exact) mass is 324 g/mol. The molecule has 0 spiro atoms. The number of fused-ring (bicyclic) bond motifs is 1. The number of hydrogen-bond donors (Lipinski definition) is 3. The highest BCUT2D eigenvalue weighted by atomic mass is 32.2. The summed E-state index contributed by atoms with van der Waals surface area (Å²) in [6.07, 6.45) is 1.14. The van der Waals surface area contributed by atoms with Crippen molar-refractivity contribution >= 4 is 27.0 Å². The molecule has 7 nitrogen and oxygen atoms in total. The molecular weight excluding hydrogens is 304 g/mol. The molecule has 2 rings (SSSR count). The van der Waals surface area contributed by atoms with Gasteiger partial charge in [0.15, 0.2) is 0 Å². The van der Waals surface area contributed by atoms with Crippen molar-refractivity contribution in [1.82, 2.24) is 20.0 Å². The van der Waals surface area contributed by atoms with Crippen LogP contribution in [0.5, 0.6) is 0 Å². The molecule has 120 valence electrons. The van der Waals surface area contributed by atoms with Crippen molar-refractivity contribution in [2.75, 3.05) is 12.8 Å². The normalized spacial score (nSPS) is 13.2. The van der Waals surface area contributed by atoms with Gasteiger partial charge in [-0.2, -0.15) is 0 Å². The Hall–Kier alpha value is -1.93. The summed E-state index contributed by atoms with van der Waals surface area (Å²) in [6.45, 7) is 3.91. The van der Waals surface area contributed by atoms with Crippen LogP contribution in [0.25, 0.3) is 11.0 Å². The minimum absolute atomic E-state index is 0.0801. The molecule has 3 N–H and O–H groups in total. The molecule has 0 aliphatic rings. The standard InChI is InChI=1S/C14H20N4O3S/c1-9-4-5-11-12(8-9)18-14(17-11)10(2)16-13(19)6-7-15-22(3,20)21/h4-5,8,10,15H,6-7H2,1-3H3,(H,16,19)(H,17,18)/t10-/m0/s1. The van der Waals surface area contributed by atoms with E-state index in [0.29, 0.717) is 5.82 Å². The molecule has 0 saturated carbocycles. The topological polar surface area (TPSA) is 104 Å². The third-order valence-electron chi connectivity index (χ3n) is 3.16. The van der Waals surface area contributed by atoms with Crippen LogP contribution >= 0.6 is 0 Å². The van der Waals surface area contributed by atoms with E-state index >= 15 is 0 Å². The van der Waals surface area contributed by atoms with Gasteiger partial charge in [0.2, 0.25) is 15.9 Å². The summed E-state index contributed by atoms with van der Waals surface area (Å²) in [5, 5.41) is 2.79. The lowest BCUT2D eigenvalue weighted by atomic mass is 10.2. The number of hydrogen-bond acceptors (Lipinski definition) is 4. The third-order valence-corrected chi connectivity index (χ3v) is 3.89. The lowest BCUT2D eigenvalue weighted by Gasteiger charge is -2.11. The minimum Gasteiger partial charge on any atom is -0.346 e. The number of aromatic nitrogens is 2. The van der Waals surface area contributed by atoms with E-state index in [2.05, 4.69) is 20.0 Å². The van der Waals surface area contributed by atoms with Crippen molar-refractivity contribution in [3.63, 3.8) is 0 Å². The van der Waals surface area contributed by atoms with Crippen LogP contribution in [0.3, 0.4) is 0 Å². The first-order valence-corrected chi connectivity index (χ1v) is 8.84. The number of carbonyl (C=O) groups excluding carboxylic acids is 1. The Kier molecular flexibility index (Phi) is 4.82. The van der Waals surface area contributed by atoms with Gasteiger partial charge in [-0.25, -0.2) is 18.1 Å². The summed E-state index contributed by atoms with van der Waals surface area (Å²) in [5.41, 5.74) is 2.90. The second-order valence-corrected chi connectivity index (χ2v) is 7.18. The molecule has 1 aromatic carbocycles. The van der Waals surface area contributed by atoms with Crippen LogP contribution in [0.4, 0.5) is 0 Å². The second kappa shape index (κ2) is 6.45. The fraction of sp³-hybridized carbons (Fsp3) is 0.429. The van der Waals surface area contributed by atoms with Crippen LogP contribution in [0.2, 0.25) is 0 Å². The Morgan fingerprint density at radius 2 is 2.14 bits per heavy atom. The van der Waals surface area contributed by atoms with E-state index in [9.17, 15) is 13.2 Å². The van der Waals surface area contributed by atoms with Gasteiger partial charge in [0.1, 0.15) is 5.82 Å². The number of carbonyl (C=O) groups is 1. The molecule has 0 aliphatic heterocycles. The summed E-state index contributed by atoms with van der Waals surface area (Å²) in [4.78, 5) is 19.4. The maximum absolute atomic E-state index is 11.8. The van der Waals surface area contributed by atoms with Gasteiger partial charge in [-0.15, -0.1) is 0 Å². The number of amides is 1. The Morgan fingerprint density at radius 3 is 2.82 bits per heavy atom. The summed E-state index contributed by atoms with van der Waals surface area (Å²) < 4.78 is 24.1. The van der Waals surface area contributed by atoms with Crippen molar-refractivity contribution in [2.45, 2.75) is 26.3 Å². The van der Waals surface area contributed by atoms with Gasteiger partial charge in [-0.3, -0.25) is 4.79 Å². The average Bonchev–Trinajstić information content (AvgIpc) is 2.80. The number of benzene rings is 1. The fourth-order valence-electron chi connectivity index (χ4n) is 2.08. The lowest BCUT2D eigenvalue weighted by Crippen LogP contribution is -2.31. The molecule has 1 amide bonds. The predicted octanol–water partition coefficient (Wildman–Crippen LogP) is 0.988. The number of aryl methyl sites for hydroxylation is 1. The maximum atomic E-state index is 11.8. The van der Waals surface area contributed by atoms with Crippen LogP contribution in [-0.2, 0) is 14.8 Å². The van der Waals surface area contributed by atoms with Gasteiger partial charge in [-0.05, 0) is 31.5 Å². The lowest BCUT2D eigenvalue weighted by molar-refractivity contribution is -0.121. The second-order valence-electron chi connectivity index (χ2n) is 5.35. The van der Waals surface area contributed by atoms with E-state index in [0.717, 1.165) is 22.9 Å². The minimum atomic E-state index is -3.27. The largest absolute Gasteiger partial charge is 0.346 e. The number of nitrogens with zero attached hydrogens (tertiary/aromatic N) is 1. The number of nitrogens with one attached hydrogen (secondary N) is 3. The molecule has 0 bridgehead atoms. The first-order valence-electron chi connectivity index (χ1n) is 6.95.